The number of carboxylic acids is 1. The Kier molecular flexibility index (Phi) is 4.05. The summed E-state index contributed by atoms with van der Waals surface area (Å²) < 4.78 is 26.8. The number of carbonyl (C=O) groups is 1. The Hall–Kier alpha value is -2.34. The van der Waals surface area contributed by atoms with Crippen molar-refractivity contribution in [3.63, 3.8) is 0 Å². The fourth-order valence-corrected chi connectivity index (χ4v) is 2.85. The average Bonchev–Trinajstić information content (AvgIpc) is 2.39. The molecule has 104 valence electrons. The molecule has 0 aromatic heterocycles. The van der Waals surface area contributed by atoms with Crippen LogP contribution in [0.25, 0.3) is 0 Å². The van der Waals surface area contributed by atoms with Gasteiger partial charge in [0.2, 0.25) is 0 Å². The lowest BCUT2D eigenvalue weighted by Gasteiger charge is -2.08. The van der Waals surface area contributed by atoms with E-state index in [9.17, 15) is 13.2 Å². The molecule has 0 bridgehead atoms. The van der Waals surface area contributed by atoms with Gasteiger partial charge in [0.1, 0.15) is 0 Å². The van der Waals surface area contributed by atoms with Crippen molar-refractivity contribution in [1.29, 1.82) is 0 Å². The molecule has 0 aliphatic rings. The molecule has 0 saturated heterocycles. The Labute approximate surface area is 116 Å². The van der Waals surface area contributed by atoms with Crippen molar-refractivity contribution >= 4 is 21.7 Å². The van der Waals surface area contributed by atoms with Crippen LogP contribution in [0.15, 0.2) is 59.5 Å². The van der Waals surface area contributed by atoms with E-state index in [2.05, 4.69) is 4.72 Å². The number of hydrogen-bond donors (Lipinski definition) is 2. The number of benzene rings is 2. The van der Waals surface area contributed by atoms with Crippen molar-refractivity contribution < 1.29 is 18.3 Å². The largest absolute Gasteiger partial charge is 0.481 e. The topological polar surface area (TPSA) is 83.5 Å². The van der Waals surface area contributed by atoms with Gasteiger partial charge in [0.05, 0.1) is 11.3 Å². The van der Waals surface area contributed by atoms with Crippen LogP contribution in [0.4, 0.5) is 5.69 Å². The van der Waals surface area contributed by atoms with Crippen LogP contribution in [-0.2, 0) is 21.2 Å². The summed E-state index contributed by atoms with van der Waals surface area (Å²) in [5.74, 6) is -1.00. The molecular formula is C14H13NO4S. The van der Waals surface area contributed by atoms with Crippen LogP contribution in [-0.4, -0.2) is 19.5 Å². The molecule has 0 fully saturated rings. The lowest BCUT2D eigenvalue weighted by molar-refractivity contribution is -0.136. The van der Waals surface area contributed by atoms with Crippen molar-refractivity contribution in [3.05, 3.63) is 60.2 Å². The smallest absolute Gasteiger partial charge is 0.307 e. The van der Waals surface area contributed by atoms with Crippen molar-refractivity contribution in [2.75, 3.05) is 4.72 Å². The quantitative estimate of drug-likeness (QED) is 0.883. The number of hydrogen-bond acceptors (Lipinski definition) is 3. The molecule has 2 N–H and O–H groups in total. The van der Waals surface area contributed by atoms with E-state index in [1.807, 2.05) is 0 Å². The second-order valence-corrected chi connectivity index (χ2v) is 5.87. The Morgan fingerprint density at radius 1 is 1.05 bits per heavy atom. The van der Waals surface area contributed by atoms with Gasteiger partial charge in [-0.05, 0) is 29.8 Å². The Balaban J connectivity index is 2.28. The summed E-state index contributed by atoms with van der Waals surface area (Å²) >= 11 is 0. The molecule has 0 spiro atoms. The summed E-state index contributed by atoms with van der Waals surface area (Å²) in [6, 6.07) is 14.4. The van der Waals surface area contributed by atoms with Crippen LogP contribution in [0.5, 0.6) is 0 Å². The Morgan fingerprint density at radius 3 is 2.40 bits per heavy atom. The lowest BCUT2D eigenvalue weighted by atomic mass is 10.2. The highest BCUT2D eigenvalue weighted by molar-refractivity contribution is 7.92. The number of rotatable bonds is 5. The van der Waals surface area contributed by atoms with Crippen LogP contribution < -0.4 is 4.72 Å². The van der Waals surface area contributed by atoms with Gasteiger partial charge in [0.15, 0.2) is 0 Å². The SMILES string of the molecule is O=C(O)Cc1cccc(S(=O)(=O)Nc2ccccc2)c1. The number of sulfonamides is 1. The van der Waals surface area contributed by atoms with E-state index in [4.69, 9.17) is 5.11 Å². The first kappa shape index (κ1) is 14.1. The second kappa shape index (κ2) is 5.75. The van der Waals surface area contributed by atoms with Gasteiger partial charge in [0.25, 0.3) is 10.0 Å². The molecule has 6 heteroatoms. The van der Waals surface area contributed by atoms with Gasteiger partial charge < -0.3 is 5.11 Å². The second-order valence-electron chi connectivity index (χ2n) is 4.19. The van der Waals surface area contributed by atoms with E-state index in [1.54, 1.807) is 36.4 Å². The van der Waals surface area contributed by atoms with E-state index in [-0.39, 0.29) is 11.3 Å². The molecule has 0 amide bonds. The number of para-hydroxylation sites is 1. The summed E-state index contributed by atoms with van der Waals surface area (Å²) in [6.07, 6.45) is -0.214. The minimum atomic E-state index is -3.71. The van der Waals surface area contributed by atoms with Crippen molar-refractivity contribution in [2.45, 2.75) is 11.3 Å². The third kappa shape index (κ3) is 3.58. The van der Waals surface area contributed by atoms with E-state index >= 15 is 0 Å². The molecule has 5 nitrogen and oxygen atoms in total. The van der Waals surface area contributed by atoms with Crippen LogP contribution >= 0.6 is 0 Å². The van der Waals surface area contributed by atoms with Crippen LogP contribution in [0.3, 0.4) is 0 Å². The summed E-state index contributed by atoms with van der Waals surface area (Å²) in [5.41, 5.74) is 0.893. The van der Waals surface area contributed by atoms with Gasteiger partial charge in [-0.3, -0.25) is 9.52 Å². The molecule has 0 heterocycles. The first-order valence-electron chi connectivity index (χ1n) is 5.86. The van der Waals surface area contributed by atoms with Gasteiger partial charge in [-0.15, -0.1) is 0 Å². The van der Waals surface area contributed by atoms with Crippen LogP contribution in [0.1, 0.15) is 5.56 Å². The van der Waals surface area contributed by atoms with Crippen molar-refractivity contribution in [3.8, 4) is 0 Å². The van der Waals surface area contributed by atoms with Gasteiger partial charge in [-0.1, -0.05) is 30.3 Å². The fraction of sp³-hybridized carbons (Fsp3) is 0.0714. The minimum Gasteiger partial charge on any atom is -0.481 e. The van der Waals surface area contributed by atoms with Gasteiger partial charge in [-0.2, -0.15) is 0 Å². The zero-order valence-corrected chi connectivity index (χ0v) is 11.3. The summed E-state index contributed by atoms with van der Waals surface area (Å²) in [7, 11) is -3.71. The zero-order chi connectivity index (χ0) is 14.6. The number of carboxylic acid groups (broad SMARTS) is 1. The maximum atomic E-state index is 12.2. The molecule has 0 saturated carbocycles. The summed E-state index contributed by atoms with van der Waals surface area (Å²) in [6.45, 7) is 0. The lowest BCUT2D eigenvalue weighted by Crippen LogP contribution is -2.13. The van der Waals surface area contributed by atoms with E-state index in [1.165, 1.54) is 18.2 Å². The molecule has 20 heavy (non-hydrogen) atoms. The van der Waals surface area contributed by atoms with Gasteiger partial charge in [0, 0.05) is 5.69 Å². The fourth-order valence-electron chi connectivity index (χ4n) is 1.72. The molecule has 0 radical (unpaired) electrons. The molecule has 2 aromatic rings. The monoisotopic (exact) mass is 291 g/mol. The third-order valence-corrected chi connectivity index (χ3v) is 3.97. The highest BCUT2D eigenvalue weighted by atomic mass is 32.2. The van der Waals surface area contributed by atoms with E-state index < -0.39 is 16.0 Å². The first-order valence-corrected chi connectivity index (χ1v) is 7.34. The molecule has 2 aromatic carbocycles. The van der Waals surface area contributed by atoms with Crippen molar-refractivity contribution in [2.24, 2.45) is 0 Å². The molecule has 0 atom stereocenters. The maximum absolute atomic E-state index is 12.2. The number of nitrogens with one attached hydrogen (secondary N) is 1. The predicted octanol–water partition coefficient (Wildman–Crippen LogP) is 2.11. The van der Waals surface area contributed by atoms with E-state index in [0.717, 1.165) is 0 Å². The van der Waals surface area contributed by atoms with Crippen molar-refractivity contribution in [1.82, 2.24) is 0 Å². The number of aliphatic carboxylic acids is 1. The van der Waals surface area contributed by atoms with Crippen LogP contribution in [0, 0.1) is 0 Å². The third-order valence-electron chi connectivity index (χ3n) is 2.59. The van der Waals surface area contributed by atoms with E-state index in [0.29, 0.717) is 11.3 Å². The zero-order valence-electron chi connectivity index (χ0n) is 10.5. The summed E-state index contributed by atoms with van der Waals surface area (Å²) in [4.78, 5) is 10.7. The normalized spacial score (nSPS) is 11.0. The molecule has 2 rings (SSSR count). The van der Waals surface area contributed by atoms with Gasteiger partial charge >= 0.3 is 5.97 Å². The minimum absolute atomic E-state index is 0.0418. The number of anilines is 1. The summed E-state index contributed by atoms with van der Waals surface area (Å²) in [5, 5.41) is 8.73. The molecular weight excluding hydrogens is 278 g/mol. The van der Waals surface area contributed by atoms with Crippen LogP contribution in [0.2, 0.25) is 0 Å². The maximum Gasteiger partial charge on any atom is 0.307 e. The highest BCUT2D eigenvalue weighted by Crippen LogP contribution is 2.17. The first-order chi connectivity index (χ1) is 9.47. The molecule has 0 aliphatic carbocycles. The Morgan fingerprint density at radius 2 is 1.75 bits per heavy atom. The van der Waals surface area contributed by atoms with Gasteiger partial charge in [-0.25, -0.2) is 8.42 Å². The molecule has 0 aliphatic heterocycles. The predicted molar refractivity (Wildman–Crippen MR) is 75.0 cm³/mol. The molecule has 0 unspecified atom stereocenters. The standard InChI is InChI=1S/C14H13NO4S/c16-14(17)10-11-5-4-8-13(9-11)20(18,19)15-12-6-2-1-3-7-12/h1-9,15H,10H2,(H,16,17). The Bertz CT molecular complexity index is 711. The average molecular weight is 291 g/mol. The highest BCUT2D eigenvalue weighted by Gasteiger charge is 2.15.